The van der Waals surface area contributed by atoms with Crippen molar-refractivity contribution < 1.29 is 14.4 Å². The van der Waals surface area contributed by atoms with Gasteiger partial charge in [-0.15, -0.1) is 0 Å². The molecule has 0 radical (unpaired) electrons. The zero-order chi connectivity index (χ0) is 19.5. The van der Waals surface area contributed by atoms with Crippen LogP contribution >= 0.6 is 0 Å². The number of amides is 3. The van der Waals surface area contributed by atoms with Crippen molar-refractivity contribution in [3.05, 3.63) is 54.1 Å². The number of rotatable bonds is 4. The molecule has 2 heterocycles. The number of carbonyl (C=O) groups is 3. The van der Waals surface area contributed by atoms with Gasteiger partial charge < -0.3 is 10.2 Å². The maximum absolute atomic E-state index is 12.5. The smallest absolute Gasteiger partial charge is 0.255 e. The third-order valence-electron chi connectivity index (χ3n) is 5.29. The summed E-state index contributed by atoms with van der Waals surface area (Å²) in [6, 6.07) is 14.4. The lowest BCUT2D eigenvalue weighted by Crippen LogP contribution is -2.29. The minimum absolute atomic E-state index is 0.198. The second kappa shape index (κ2) is 7.84. The second-order valence-electron chi connectivity index (χ2n) is 7.22. The minimum Gasteiger partial charge on any atom is -0.372 e. The molecule has 2 aromatic rings. The van der Waals surface area contributed by atoms with Crippen LogP contribution in [0.5, 0.6) is 0 Å². The van der Waals surface area contributed by atoms with Crippen molar-refractivity contribution in [1.29, 1.82) is 0 Å². The van der Waals surface area contributed by atoms with E-state index in [9.17, 15) is 14.4 Å². The molecule has 0 bridgehead atoms. The van der Waals surface area contributed by atoms with Crippen LogP contribution in [0.1, 0.15) is 42.5 Å². The van der Waals surface area contributed by atoms with Gasteiger partial charge in [-0.3, -0.25) is 19.3 Å². The highest BCUT2D eigenvalue weighted by Crippen LogP contribution is 2.24. The van der Waals surface area contributed by atoms with Crippen molar-refractivity contribution in [2.75, 3.05) is 28.2 Å². The Labute approximate surface area is 164 Å². The number of benzene rings is 2. The molecule has 2 aliphatic rings. The first kappa shape index (κ1) is 18.2. The van der Waals surface area contributed by atoms with E-state index in [1.807, 2.05) is 24.3 Å². The molecule has 2 aromatic carbocycles. The average Bonchev–Trinajstić information content (AvgIpc) is 3.07. The molecule has 6 nitrogen and oxygen atoms in total. The Morgan fingerprint density at radius 2 is 1.32 bits per heavy atom. The summed E-state index contributed by atoms with van der Waals surface area (Å²) >= 11 is 0. The molecule has 6 heteroatoms. The fourth-order valence-electron chi connectivity index (χ4n) is 3.74. The van der Waals surface area contributed by atoms with Gasteiger partial charge in [0.15, 0.2) is 0 Å². The van der Waals surface area contributed by atoms with Gasteiger partial charge in [0.1, 0.15) is 0 Å². The van der Waals surface area contributed by atoms with Crippen molar-refractivity contribution in [3.8, 4) is 0 Å². The Kier molecular flexibility index (Phi) is 5.10. The van der Waals surface area contributed by atoms with Gasteiger partial charge in [-0.25, -0.2) is 0 Å². The van der Waals surface area contributed by atoms with Gasteiger partial charge in [0.05, 0.1) is 5.69 Å². The van der Waals surface area contributed by atoms with Gasteiger partial charge in [-0.1, -0.05) is 0 Å². The molecule has 2 aliphatic heterocycles. The average molecular weight is 377 g/mol. The lowest BCUT2D eigenvalue weighted by Gasteiger charge is -2.28. The summed E-state index contributed by atoms with van der Waals surface area (Å²) in [6.45, 7) is 2.17. The number of hydrogen-bond donors (Lipinski definition) is 1. The van der Waals surface area contributed by atoms with Crippen LogP contribution in [0.4, 0.5) is 17.1 Å². The van der Waals surface area contributed by atoms with Crippen molar-refractivity contribution in [1.82, 2.24) is 0 Å². The Morgan fingerprint density at radius 3 is 1.93 bits per heavy atom. The lowest BCUT2D eigenvalue weighted by atomic mass is 10.1. The zero-order valence-corrected chi connectivity index (χ0v) is 15.7. The fourth-order valence-corrected chi connectivity index (χ4v) is 3.74. The Bertz CT molecular complexity index is 868. The minimum atomic E-state index is -0.226. The molecule has 3 amide bonds. The van der Waals surface area contributed by atoms with Crippen molar-refractivity contribution >= 4 is 34.8 Å². The van der Waals surface area contributed by atoms with E-state index in [-0.39, 0.29) is 30.6 Å². The summed E-state index contributed by atoms with van der Waals surface area (Å²) in [6.07, 6.45) is 4.23. The SMILES string of the molecule is O=C(Nc1ccc(N2CCCCC2)cc1)c1ccc(N2C(=O)CCC2=O)cc1. The third kappa shape index (κ3) is 3.76. The Hall–Kier alpha value is -3.15. The number of imide groups is 1. The molecule has 2 fully saturated rings. The normalized spacial score (nSPS) is 17.1. The number of nitrogens with one attached hydrogen (secondary N) is 1. The van der Waals surface area contributed by atoms with Gasteiger partial charge in [0, 0.05) is 42.9 Å². The van der Waals surface area contributed by atoms with Crippen LogP contribution in [0, 0.1) is 0 Å². The topological polar surface area (TPSA) is 69.7 Å². The number of carbonyl (C=O) groups excluding carboxylic acids is 3. The number of nitrogens with zero attached hydrogens (tertiary/aromatic N) is 2. The number of anilines is 3. The van der Waals surface area contributed by atoms with Crippen LogP contribution in [-0.2, 0) is 9.59 Å². The van der Waals surface area contributed by atoms with E-state index >= 15 is 0 Å². The third-order valence-corrected chi connectivity index (χ3v) is 5.29. The molecule has 4 rings (SSSR count). The van der Waals surface area contributed by atoms with E-state index in [0.717, 1.165) is 18.8 Å². The van der Waals surface area contributed by atoms with E-state index in [1.165, 1.54) is 29.8 Å². The fraction of sp³-hybridized carbons (Fsp3) is 0.318. The molecule has 28 heavy (non-hydrogen) atoms. The molecule has 144 valence electrons. The van der Waals surface area contributed by atoms with E-state index in [2.05, 4.69) is 10.2 Å². The summed E-state index contributed by atoms with van der Waals surface area (Å²) in [5.41, 5.74) is 2.90. The van der Waals surface area contributed by atoms with Crippen molar-refractivity contribution in [2.45, 2.75) is 32.1 Å². The summed E-state index contributed by atoms with van der Waals surface area (Å²) in [4.78, 5) is 39.7. The Morgan fingerprint density at radius 1 is 0.750 bits per heavy atom. The Balaban J connectivity index is 1.40. The maximum atomic E-state index is 12.5. The molecule has 0 unspecified atom stereocenters. The molecule has 0 spiro atoms. The van der Waals surface area contributed by atoms with Crippen LogP contribution in [0.2, 0.25) is 0 Å². The van der Waals surface area contributed by atoms with Gasteiger partial charge in [-0.2, -0.15) is 0 Å². The molecule has 0 aromatic heterocycles. The van der Waals surface area contributed by atoms with E-state index in [1.54, 1.807) is 24.3 Å². The zero-order valence-electron chi connectivity index (χ0n) is 15.7. The predicted octanol–water partition coefficient (Wildman–Crippen LogP) is 3.58. The highest BCUT2D eigenvalue weighted by atomic mass is 16.2. The van der Waals surface area contributed by atoms with Crippen LogP contribution < -0.4 is 15.1 Å². The first-order valence-corrected chi connectivity index (χ1v) is 9.74. The molecule has 0 saturated carbocycles. The van der Waals surface area contributed by atoms with Gasteiger partial charge in [-0.05, 0) is 67.8 Å². The first-order valence-electron chi connectivity index (χ1n) is 9.74. The van der Waals surface area contributed by atoms with Crippen molar-refractivity contribution in [2.24, 2.45) is 0 Å². The van der Waals surface area contributed by atoms with Crippen molar-refractivity contribution in [3.63, 3.8) is 0 Å². The van der Waals surface area contributed by atoms with Gasteiger partial charge >= 0.3 is 0 Å². The van der Waals surface area contributed by atoms with Gasteiger partial charge in [0.2, 0.25) is 11.8 Å². The highest BCUT2D eigenvalue weighted by molar-refractivity contribution is 6.20. The second-order valence-corrected chi connectivity index (χ2v) is 7.22. The molecule has 0 aliphatic carbocycles. The van der Waals surface area contributed by atoms with E-state index in [4.69, 9.17) is 0 Å². The number of piperidine rings is 1. The summed E-state index contributed by atoms with van der Waals surface area (Å²) in [5, 5.41) is 2.89. The van der Waals surface area contributed by atoms with Gasteiger partial charge in [0.25, 0.3) is 5.91 Å². The summed E-state index contributed by atoms with van der Waals surface area (Å²) < 4.78 is 0. The summed E-state index contributed by atoms with van der Waals surface area (Å²) in [5.74, 6) is -0.622. The van der Waals surface area contributed by atoms with Crippen LogP contribution in [-0.4, -0.2) is 30.8 Å². The first-order chi connectivity index (χ1) is 13.6. The molecule has 2 saturated heterocycles. The van der Waals surface area contributed by atoms with Crippen LogP contribution in [0.15, 0.2) is 48.5 Å². The lowest BCUT2D eigenvalue weighted by molar-refractivity contribution is -0.121. The maximum Gasteiger partial charge on any atom is 0.255 e. The monoisotopic (exact) mass is 377 g/mol. The largest absolute Gasteiger partial charge is 0.372 e. The highest BCUT2D eigenvalue weighted by Gasteiger charge is 2.30. The quantitative estimate of drug-likeness (QED) is 0.827. The predicted molar refractivity (Wildman–Crippen MR) is 109 cm³/mol. The molecule has 1 N–H and O–H groups in total. The standard InChI is InChI=1S/C22H23N3O3/c26-20-12-13-21(27)25(20)19-8-4-16(5-9-19)22(28)23-17-6-10-18(11-7-17)24-14-2-1-3-15-24/h4-11H,1-3,12-15H2,(H,23,28). The van der Waals surface area contributed by atoms with Crippen LogP contribution in [0.3, 0.4) is 0 Å². The van der Waals surface area contributed by atoms with Crippen LogP contribution in [0.25, 0.3) is 0 Å². The van der Waals surface area contributed by atoms with E-state index in [0.29, 0.717) is 11.3 Å². The number of hydrogen-bond acceptors (Lipinski definition) is 4. The molecular formula is C22H23N3O3. The van der Waals surface area contributed by atoms with E-state index < -0.39 is 0 Å². The summed E-state index contributed by atoms with van der Waals surface area (Å²) in [7, 11) is 0. The molecular weight excluding hydrogens is 354 g/mol. The molecule has 0 atom stereocenters.